The van der Waals surface area contributed by atoms with E-state index in [9.17, 15) is 9.59 Å². The van der Waals surface area contributed by atoms with Crippen molar-refractivity contribution in [3.63, 3.8) is 0 Å². The summed E-state index contributed by atoms with van der Waals surface area (Å²) < 4.78 is 2.48. The van der Waals surface area contributed by atoms with E-state index in [4.69, 9.17) is 10.9 Å². The number of nitrogens with two attached hydrogens (primary N) is 1. The molecule has 3 aromatic rings. The minimum Gasteiger partial charge on any atom is -0.477 e. The molecule has 2 heterocycles. The first-order valence-corrected chi connectivity index (χ1v) is 5.11. The fourth-order valence-electron chi connectivity index (χ4n) is 1.93. The number of nitrogens with zero attached hydrogens (tertiary/aromatic N) is 3. The largest absolute Gasteiger partial charge is 0.477 e. The molecule has 7 nitrogen and oxygen atoms in total. The lowest BCUT2D eigenvalue weighted by Crippen LogP contribution is -2.19. The van der Waals surface area contributed by atoms with Gasteiger partial charge in [0.2, 0.25) is 5.78 Å². The molecular formula is C11H8N4O3. The second-order valence-electron chi connectivity index (χ2n) is 3.78. The predicted octanol–water partition coefficient (Wildman–Crippen LogP) is 0.0612. The molecule has 18 heavy (non-hydrogen) atoms. The predicted molar refractivity (Wildman–Crippen MR) is 64.1 cm³/mol. The van der Waals surface area contributed by atoms with Crippen LogP contribution in [-0.4, -0.2) is 25.1 Å². The Morgan fingerprint density at radius 3 is 2.61 bits per heavy atom. The SMILES string of the molecule is Nn1c2ccccc2n2c(=O)cc(C(=O)O)nc12. The smallest absolute Gasteiger partial charge is 0.354 e. The second kappa shape index (κ2) is 3.33. The highest BCUT2D eigenvalue weighted by Gasteiger charge is 2.15. The molecule has 3 N–H and O–H groups in total. The summed E-state index contributed by atoms with van der Waals surface area (Å²) in [5, 5.41) is 8.87. The van der Waals surface area contributed by atoms with E-state index in [-0.39, 0.29) is 11.5 Å². The number of aromatic nitrogens is 3. The third-order valence-electron chi connectivity index (χ3n) is 2.72. The maximum atomic E-state index is 11.9. The number of rotatable bonds is 1. The first-order chi connectivity index (χ1) is 8.59. The van der Waals surface area contributed by atoms with Crippen molar-refractivity contribution in [1.82, 2.24) is 14.1 Å². The van der Waals surface area contributed by atoms with Gasteiger partial charge < -0.3 is 10.9 Å². The Morgan fingerprint density at radius 1 is 1.28 bits per heavy atom. The van der Waals surface area contributed by atoms with E-state index in [0.29, 0.717) is 11.0 Å². The molecule has 0 aliphatic carbocycles. The van der Waals surface area contributed by atoms with Gasteiger partial charge in [-0.05, 0) is 12.1 Å². The molecule has 0 bridgehead atoms. The van der Waals surface area contributed by atoms with E-state index < -0.39 is 11.5 Å². The van der Waals surface area contributed by atoms with Gasteiger partial charge in [-0.3, -0.25) is 4.79 Å². The molecular weight excluding hydrogens is 236 g/mol. The Kier molecular flexibility index (Phi) is 1.91. The molecule has 0 fully saturated rings. The van der Waals surface area contributed by atoms with Crippen LogP contribution in [0.3, 0.4) is 0 Å². The van der Waals surface area contributed by atoms with Gasteiger partial charge in [0.15, 0.2) is 5.69 Å². The molecule has 7 heteroatoms. The van der Waals surface area contributed by atoms with Crippen LogP contribution in [0.4, 0.5) is 0 Å². The zero-order valence-electron chi connectivity index (χ0n) is 9.07. The third-order valence-corrected chi connectivity index (χ3v) is 2.72. The number of benzene rings is 1. The Morgan fingerprint density at radius 2 is 1.94 bits per heavy atom. The molecule has 0 spiro atoms. The number of hydrogen-bond acceptors (Lipinski definition) is 4. The van der Waals surface area contributed by atoms with Gasteiger partial charge in [-0.1, -0.05) is 12.1 Å². The zero-order valence-corrected chi connectivity index (χ0v) is 9.07. The van der Waals surface area contributed by atoms with Crippen LogP contribution in [0.15, 0.2) is 35.1 Å². The van der Waals surface area contributed by atoms with Crippen molar-refractivity contribution in [2.45, 2.75) is 0 Å². The fourth-order valence-corrected chi connectivity index (χ4v) is 1.93. The average Bonchev–Trinajstić information content (AvgIpc) is 2.64. The number of nitrogen functional groups attached to an aromatic ring is 1. The lowest BCUT2D eigenvalue weighted by Gasteiger charge is -1.97. The summed E-state index contributed by atoms with van der Waals surface area (Å²) in [7, 11) is 0. The summed E-state index contributed by atoms with van der Waals surface area (Å²) in [6, 6.07) is 7.95. The summed E-state index contributed by atoms with van der Waals surface area (Å²) in [4.78, 5) is 26.7. The van der Waals surface area contributed by atoms with Crippen molar-refractivity contribution in [3.05, 3.63) is 46.4 Å². The number of para-hydroxylation sites is 2. The fraction of sp³-hybridized carbons (Fsp3) is 0. The highest BCUT2D eigenvalue weighted by atomic mass is 16.4. The summed E-state index contributed by atoms with van der Waals surface area (Å²) in [5.74, 6) is 4.65. The topological polar surface area (TPSA) is 103 Å². The van der Waals surface area contributed by atoms with Crippen molar-refractivity contribution in [3.8, 4) is 0 Å². The molecule has 1 aromatic carbocycles. The van der Waals surface area contributed by atoms with Gasteiger partial charge in [0, 0.05) is 6.07 Å². The Hall–Kier alpha value is -2.83. The van der Waals surface area contributed by atoms with Crippen LogP contribution in [0.25, 0.3) is 16.8 Å². The van der Waals surface area contributed by atoms with Gasteiger partial charge in [-0.25, -0.2) is 18.9 Å². The zero-order chi connectivity index (χ0) is 12.9. The molecule has 3 rings (SSSR count). The second-order valence-corrected chi connectivity index (χ2v) is 3.78. The van der Waals surface area contributed by atoms with Crippen molar-refractivity contribution in [1.29, 1.82) is 0 Å². The van der Waals surface area contributed by atoms with Crippen molar-refractivity contribution >= 4 is 22.8 Å². The van der Waals surface area contributed by atoms with E-state index >= 15 is 0 Å². The molecule has 0 saturated heterocycles. The van der Waals surface area contributed by atoms with Crippen LogP contribution in [0.2, 0.25) is 0 Å². The summed E-state index contributed by atoms with van der Waals surface area (Å²) in [6.45, 7) is 0. The number of carboxylic acids is 1. The van der Waals surface area contributed by atoms with Gasteiger partial charge >= 0.3 is 5.97 Å². The summed E-state index contributed by atoms with van der Waals surface area (Å²) in [5.41, 5.74) is 0.390. The number of carboxylic acid groups (broad SMARTS) is 1. The van der Waals surface area contributed by atoms with Gasteiger partial charge in [0.25, 0.3) is 5.56 Å². The van der Waals surface area contributed by atoms with Gasteiger partial charge in [0.1, 0.15) is 0 Å². The van der Waals surface area contributed by atoms with E-state index in [1.54, 1.807) is 24.3 Å². The number of fused-ring (bicyclic) bond motifs is 3. The number of aromatic carboxylic acids is 1. The van der Waals surface area contributed by atoms with E-state index in [1.165, 1.54) is 9.08 Å². The molecule has 0 saturated carbocycles. The summed E-state index contributed by atoms with van der Waals surface area (Å²) in [6.07, 6.45) is 0. The average molecular weight is 244 g/mol. The molecule has 90 valence electrons. The van der Waals surface area contributed by atoms with Crippen LogP contribution in [0.5, 0.6) is 0 Å². The first kappa shape index (κ1) is 10.3. The standard InChI is InChI=1S/C11H8N4O3/c12-15-8-4-2-1-3-7(8)14-9(16)5-6(10(17)18)13-11(14)15/h1-5H,12H2,(H,17,18). The minimum absolute atomic E-state index is 0.0982. The van der Waals surface area contributed by atoms with Crippen LogP contribution < -0.4 is 11.4 Å². The third kappa shape index (κ3) is 1.21. The Balaban J connectivity index is 2.60. The van der Waals surface area contributed by atoms with E-state index in [1.807, 2.05) is 0 Å². The molecule has 0 atom stereocenters. The first-order valence-electron chi connectivity index (χ1n) is 5.11. The van der Waals surface area contributed by atoms with Crippen molar-refractivity contribution in [2.24, 2.45) is 0 Å². The molecule has 0 amide bonds. The highest BCUT2D eigenvalue weighted by molar-refractivity contribution is 5.87. The Labute approximate surface area is 99.7 Å². The van der Waals surface area contributed by atoms with Crippen LogP contribution in [-0.2, 0) is 0 Å². The molecule has 0 aliphatic heterocycles. The maximum Gasteiger partial charge on any atom is 0.354 e. The Bertz CT molecular complexity index is 846. The van der Waals surface area contributed by atoms with Crippen molar-refractivity contribution < 1.29 is 9.90 Å². The molecule has 2 aromatic heterocycles. The van der Waals surface area contributed by atoms with Crippen molar-refractivity contribution in [2.75, 3.05) is 5.84 Å². The van der Waals surface area contributed by atoms with Gasteiger partial charge in [-0.2, -0.15) is 0 Å². The lowest BCUT2D eigenvalue weighted by molar-refractivity contribution is 0.0690. The molecule has 0 radical (unpaired) electrons. The highest BCUT2D eigenvalue weighted by Crippen LogP contribution is 2.15. The van der Waals surface area contributed by atoms with Gasteiger partial charge in [-0.15, -0.1) is 0 Å². The number of hydrogen-bond donors (Lipinski definition) is 2. The van der Waals surface area contributed by atoms with E-state index in [2.05, 4.69) is 4.98 Å². The number of carbonyl (C=O) groups is 1. The minimum atomic E-state index is -1.26. The lowest BCUT2D eigenvalue weighted by atomic mass is 10.3. The van der Waals surface area contributed by atoms with Crippen LogP contribution in [0, 0.1) is 0 Å². The number of imidazole rings is 1. The molecule has 0 unspecified atom stereocenters. The summed E-state index contributed by atoms with van der Waals surface area (Å²) >= 11 is 0. The van der Waals surface area contributed by atoms with Crippen LogP contribution in [0.1, 0.15) is 10.5 Å². The van der Waals surface area contributed by atoms with Gasteiger partial charge in [0.05, 0.1) is 11.0 Å². The molecule has 0 aliphatic rings. The monoisotopic (exact) mass is 244 g/mol. The quantitative estimate of drug-likeness (QED) is 0.589. The maximum absolute atomic E-state index is 11.9. The normalized spacial score (nSPS) is 11.1. The van der Waals surface area contributed by atoms with E-state index in [0.717, 1.165) is 6.07 Å². The van der Waals surface area contributed by atoms with Crippen LogP contribution >= 0.6 is 0 Å².